The Morgan fingerprint density at radius 2 is 1.88 bits per heavy atom. The average Bonchev–Trinajstić information content (AvgIpc) is 3.13. The summed E-state index contributed by atoms with van der Waals surface area (Å²) in [5.41, 5.74) is 10.4. The number of pyridine rings is 1. The van der Waals surface area contributed by atoms with Crippen LogP contribution in [0.3, 0.4) is 0 Å². The van der Waals surface area contributed by atoms with E-state index in [1.165, 1.54) is 5.69 Å². The Kier molecular flexibility index (Phi) is 4.73. The second-order valence-corrected chi connectivity index (χ2v) is 6.55. The molecule has 0 spiro atoms. The minimum absolute atomic E-state index is 0.649. The Balaban J connectivity index is 1.46. The van der Waals surface area contributed by atoms with Gasteiger partial charge in [-0.15, -0.1) is 0 Å². The number of piperazine rings is 1. The number of rotatable bonds is 5. The van der Waals surface area contributed by atoms with Gasteiger partial charge in [0.15, 0.2) is 5.65 Å². The first kappa shape index (κ1) is 16.8. The molecule has 136 valence electrons. The van der Waals surface area contributed by atoms with Crippen molar-refractivity contribution in [2.75, 3.05) is 57.1 Å². The summed E-state index contributed by atoms with van der Waals surface area (Å²) < 4.78 is 5.16. The molecule has 7 nitrogen and oxygen atoms in total. The van der Waals surface area contributed by atoms with E-state index in [0.29, 0.717) is 11.3 Å². The molecule has 7 heteroatoms. The summed E-state index contributed by atoms with van der Waals surface area (Å²) in [6.45, 7) is 6.01. The number of fused-ring (bicyclic) bond motifs is 1. The van der Waals surface area contributed by atoms with Crippen LogP contribution >= 0.6 is 0 Å². The number of aromatic nitrogens is 3. The third-order valence-corrected chi connectivity index (χ3v) is 4.91. The third kappa shape index (κ3) is 3.36. The first-order valence-corrected chi connectivity index (χ1v) is 8.91. The van der Waals surface area contributed by atoms with Crippen molar-refractivity contribution in [1.82, 2.24) is 19.9 Å². The molecular formula is C19H24N6O. The van der Waals surface area contributed by atoms with Crippen LogP contribution in [-0.2, 0) is 4.74 Å². The fourth-order valence-electron chi connectivity index (χ4n) is 3.35. The quantitative estimate of drug-likeness (QED) is 0.730. The molecule has 1 saturated heterocycles. The molecule has 26 heavy (non-hydrogen) atoms. The third-order valence-electron chi connectivity index (χ3n) is 4.91. The summed E-state index contributed by atoms with van der Waals surface area (Å²) >= 11 is 0. The van der Waals surface area contributed by atoms with Gasteiger partial charge in [0.1, 0.15) is 11.3 Å². The van der Waals surface area contributed by atoms with Gasteiger partial charge in [0.05, 0.1) is 12.3 Å². The first-order chi connectivity index (χ1) is 12.7. The van der Waals surface area contributed by atoms with Gasteiger partial charge in [-0.2, -0.15) is 0 Å². The van der Waals surface area contributed by atoms with Gasteiger partial charge in [0.25, 0.3) is 0 Å². The van der Waals surface area contributed by atoms with Gasteiger partial charge in [-0.3, -0.25) is 4.90 Å². The molecule has 0 atom stereocenters. The van der Waals surface area contributed by atoms with Crippen LogP contribution in [0.15, 0.2) is 36.5 Å². The van der Waals surface area contributed by atoms with Gasteiger partial charge in [-0.05, 0) is 30.3 Å². The van der Waals surface area contributed by atoms with Crippen molar-refractivity contribution in [3.05, 3.63) is 36.5 Å². The number of aromatic amines is 1. The van der Waals surface area contributed by atoms with Crippen LogP contribution in [0.5, 0.6) is 0 Å². The lowest BCUT2D eigenvalue weighted by molar-refractivity contribution is 0.144. The van der Waals surface area contributed by atoms with Crippen LogP contribution in [0, 0.1) is 0 Å². The van der Waals surface area contributed by atoms with Gasteiger partial charge < -0.3 is 20.4 Å². The largest absolute Gasteiger partial charge is 0.397 e. The van der Waals surface area contributed by atoms with Crippen LogP contribution in [-0.4, -0.2) is 66.3 Å². The zero-order valence-corrected chi connectivity index (χ0v) is 15.0. The van der Waals surface area contributed by atoms with Crippen LogP contribution in [0.2, 0.25) is 0 Å². The van der Waals surface area contributed by atoms with Gasteiger partial charge in [-0.25, -0.2) is 9.97 Å². The summed E-state index contributed by atoms with van der Waals surface area (Å²) in [7, 11) is 1.75. The number of nitrogen functional groups attached to an aromatic ring is 1. The summed E-state index contributed by atoms with van der Waals surface area (Å²) in [5.74, 6) is 0.793. The monoisotopic (exact) mass is 352 g/mol. The molecule has 3 aromatic rings. The number of nitrogens with two attached hydrogens (primary N) is 1. The molecule has 0 bridgehead atoms. The van der Waals surface area contributed by atoms with Crippen LogP contribution in [0.25, 0.3) is 22.6 Å². The number of H-pyrrole nitrogens is 1. The fourth-order valence-corrected chi connectivity index (χ4v) is 3.35. The van der Waals surface area contributed by atoms with E-state index < -0.39 is 0 Å². The maximum atomic E-state index is 5.98. The molecule has 0 amide bonds. The minimum atomic E-state index is 0.649. The molecule has 1 aliphatic rings. The number of nitrogens with zero attached hydrogens (tertiary/aromatic N) is 4. The topological polar surface area (TPSA) is 83.3 Å². The van der Waals surface area contributed by atoms with Crippen LogP contribution in [0.4, 0.5) is 11.4 Å². The summed E-state index contributed by atoms with van der Waals surface area (Å²) in [6.07, 6.45) is 1.68. The van der Waals surface area contributed by atoms with E-state index >= 15 is 0 Å². The first-order valence-electron chi connectivity index (χ1n) is 8.91. The highest BCUT2D eigenvalue weighted by atomic mass is 16.5. The number of anilines is 2. The molecule has 0 radical (unpaired) electrons. The van der Waals surface area contributed by atoms with Crippen LogP contribution < -0.4 is 10.6 Å². The maximum Gasteiger partial charge on any atom is 0.180 e. The lowest BCUT2D eigenvalue weighted by Gasteiger charge is -2.36. The number of nitrogens with one attached hydrogen (secondary N) is 1. The van der Waals surface area contributed by atoms with Crippen LogP contribution in [0.1, 0.15) is 0 Å². The molecule has 3 heterocycles. The lowest BCUT2D eigenvalue weighted by Crippen LogP contribution is -2.47. The number of methoxy groups -OCH3 is 1. The number of ether oxygens (including phenoxy) is 1. The molecule has 3 N–H and O–H groups in total. The second-order valence-electron chi connectivity index (χ2n) is 6.55. The number of imidazole rings is 1. The predicted octanol–water partition coefficient (Wildman–Crippen LogP) is 1.98. The van der Waals surface area contributed by atoms with Crippen molar-refractivity contribution in [2.45, 2.75) is 0 Å². The molecule has 0 saturated carbocycles. The zero-order chi connectivity index (χ0) is 17.9. The standard InChI is InChI=1S/C19H24N6O/c1-26-13-12-24-8-10-25(11-9-24)15-4-2-14(3-5-15)18-22-17-16(20)6-7-21-19(17)23-18/h2-7H,8-13H2,1H3,(H3,20,21,22,23). The number of hydrogen-bond acceptors (Lipinski definition) is 6. The normalized spacial score (nSPS) is 15.7. The molecule has 0 aliphatic carbocycles. The zero-order valence-electron chi connectivity index (χ0n) is 15.0. The van der Waals surface area contributed by atoms with Crippen molar-refractivity contribution in [2.24, 2.45) is 0 Å². The van der Waals surface area contributed by atoms with Gasteiger partial charge in [-0.1, -0.05) is 0 Å². The average molecular weight is 352 g/mol. The van der Waals surface area contributed by atoms with Crippen molar-refractivity contribution in [3.8, 4) is 11.4 Å². The van der Waals surface area contributed by atoms with Crippen molar-refractivity contribution in [1.29, 1.82) is 0 Å². The van der Waals surface area contributed by atoms with Crippen molar-refractivity contribution >= 4 is 22.5 Å². The second kappa shape index (κ2) is 7.31. The molecular weight excluding hydrogens is 328 g/mol. The van der Waals surface area contributed by atoms with Gasteiger partial charge >= 0.3 is 0 Å². The van der Waals surface area contributed by atoms with E-state index in [1.807, 2.05) is 0 Å². The molecule has 1 aliphatic heterocycles. The fraction of sp³-hybridized carbons (Fsp3) is 0.368. The number of hydrogen-bond donors (Lipinski definition) is 2. The van der Waals surface area contributed by atoms with E-state index in [0.717, 1.165) is 56.2 Å². The maximum absolute atomic E-state index is 5.98. The summed E-state index contributed by atoms with van der Waals surface area (Å²) in [4.78, 5) is 16.9. The molecule has 0 unspecified atom stereocenters. The molecule has 1 aromatic carbocycles. The number of benzene rings is 1. The predicted molar refractivity (Wildman–Crippen MR) is 104 cm³/mol. The molecule has 4 rings (SSSR count). The SMILES string of the molecule is COCCN1CCN(c2ccc(-c3nc4nccc(N)c4[nH]3)cc2)CC1. The van der Waals surface area contributed by atoms with E-state index in [4.69, 9.17) is 10.5 Å². The summed E-state index contributed by atoms with van der Waals surface area (Å²) in [6, 6.07) is 10.3. The van der Waals surface area contributed by atoms with Gasteiger partial charge in [0, 0.05) is 57.3 Å². The Bertz CT molecular complexity index is 867. The Morgan fingerprint density at radius 1 is 1.12 bits per heavy atom. The minimum Gasteiger partial charge on any atom is -0.397 e. The van der Waals surface area contributed by atoms with Crippen molar-refractivity contribution in [3.63, 3.8) is 0 Å². The Labute approximate surface area is 152 Å². The highest BCUT2D eigenvalue weighted by molar-refractivity contribution is 5.86. The Hall–Kier alpha value is -2.64. The van der Waals surface area contributed by atoms with E-state index in [-0.39, 0.29) is 0 Å². The Morgan fingerprint density at radius 3 is 2.58 bits per heavy atom. The summed E-state index contributed by atoms with van der Waals surface area (Å²) in [5, 5.41) is 0. The van der Waals surface area contributed by atoms with E-state index in [1.54, 1.807) is 19.4 Å². The molecule has 2 aromatic heterocycles. The van der Waals surface area contributed by atoms with Crippen molar-refractivity contribution < 1.29 is 4.74 Å². The highest BCUT2D eigenvalue weighted by Gasteiger charge is 2.17. The highest BCUT2D eigenvalue weighted by Crippen LogP contribution is 2.25. The smallest absolute Gasteiger partial charge is 0.180 e. The van der Waals surface area contributed by atoms with Gasteiger partial charge in [0.2, 0.25) is 0 Å². The van der Waals surface area contributed by atoms with E-state index in [2.05, 4.69) is 49.0 Å². The molecule has 1 fully saturated rings. The van der Waals surface area contributed by atoms with E-state index in [9.17, 15) is 0 Å². The lowest BCUT2D eigenvalue weighted by atomic mass is 10.1.